The average molecular weight is 288 g/mol. The number of aliphatic carboxylic acids is 1. The molecule has 1 amide bonds. The van der Waals surface area contributed by atoms with Crippen LogP contribution in [0.15, 0.2) is 24.3 Å². The van der Waals surface area contributed by atoms with Crippen LogP contribution in [0.5, 0.6) is 0 Å². The second-order valence-electron chi connectivity index (χ2n) is 6.21. The Hall–Kier alpha value is -2.04. The van der Waals surface area contributed by atoms with Crippen molar-refractivity contribution in [1.82, 2.24) is 5.32 Å². The van der Waals surface area contributed by atoms with E-state index in [1.54, 1.807) is 6.92 Å². The molecule has 2 unspecified atom stereocenters. The lowest BCUT2D eigenvalue weighted by molar-refractivity contribution is -0.148. The molecule has 0 spiro atoms. The molecule has 3 N–H and O–H groups in total. The molecule has 3 rings (SSSR count). The normalized spacial score (nSPS) is 23.4. The first-order valence-electron chi connectivity index (χ1n) is 7.38. The summed E-state index contributed by atoms with van der Waals surface area (Å²) < 4.78 is 0. The first-order chi connectivity index (χ1) is 10.0. The number of benzene rings is 1. The van der Waals surface area contributed by atoms with E-state index in [1.807, 2.05) is 24.3 Å². The van der Waals surface area contributed by atoms with Crippen LogP contribution in [0.4, 0.5) is 5.69 Å². The van der Waals surface area contributed by atoms with Crippen molar-refractivity contribution < 1.29 is 14.7 Å². The van der Waals surface area contributed by atoms with Crippen LogP contribution in [0, 0.1) is 11.8 Å². The molecule has 21 heavy (non-hydrogen) atoms. The third-order valence-corrected chi connectivity index (χ3v) is 4.61. The van der Waals surface area contributed by atoms with Crippen LogP contribution in [-0.2, 0) is 16.0 Å². The molecule has 5 heteroatoms. The molecule has 1 aliphatic heterocycles. The first kappa shape index (κ1) is 13.9. The van der Waals surface area contributed by atoms with Gasteiger partial charge in [0.05, 0.1) is 5.92 Å². The Labute approximate surface area is 123 Å². The second-order valence-corrected chi connectivity index (χ2v) is 6.21. The molecule has 112 valence electrons. The molecule has 2 atom stereocenters. The number of carbonyl (C=O) groups is 2. The van der Waals surface area contributed by atoms with Crippen molar-refractivity contribution in [3.8, 4) is 0 Å². The topological polar surface area (TPSA) is 78.4 Å². The number of fused-ring (bicyclic) bond motifs is 1. The number of amides is 1. The summed E-state index contributed by atoms with van der Waals surface area (Å²) in [6.45, 7) is 2.16. The van der Waals surface area contributed by atoms with Gasteiger partial charge < -0.3 is 15.7 Å². The van der Waals surface area contributed by atoms with E-state index in [2.05, 4.69) is 10.6 Å². The van der Waals surface area contributed by atoms with Crippen molar-refractivity contribution in [2.75, 3.05) is 11.9 Å². The molecule has 0 aromatic heterocycles. The van der Waals surface area contributed by atoms with Gasteiger partial charge in [0, 0.05) is 12.2 Å². The Morgan fingerprint density at radius 1 is 1.33 bits per heavy atom. The van der Waals surface area contributed by atoms with E-state index in [4.69, 9.17) is 0 Å². The van der Waals surface area contributed by atoms with E-state index >= 15 is 0 Å². The summed E-state index contributed by atoms with van der Waals surface area (Å²) in [6.07, 6.45) is 2.39. The van der Waals surface area contributed by atoms with E-state index in [9.17, 15) is 14.7 Å². The highest BCUT2D eigenvalue weighted by atomic mass is 16.4. The maximum absolute atomic E-state index is 12.4. The maximum atomic E-state index is 12.4. The van der Waals surface area contributed by atoms with Gasteiger partial charge in [-0.1, -0.05) is 18.2 Å². The highest BCUT2D eigenvalue weighted by molar-refractivity contribution is 5.89. The van der Waals surface area contributed by atoms with E-state index in [0.29, 0.717) is 13.0 Å². The van der Waals surface area contributed by atoms with Gasteiger partial charge in [-0.2, -0.15) is 0 Å². The van der Waals surface area contributed by atoms with Gasteiger partial charge in [0.1, 0.15) is 5.54 Å². The van der Waals surface area contributed by atoms with Crippen LogP contribution in [0.25, 0.3) is 0 Å². The number of carbonyl (C=O) groups excluding carboxylic acids is 1. The number of para-hydroxylation sites is 1. The fraction of sp³-hybridized carbons (Fsp3) is 0.500. The van der Waals surface area contributed by atoms with Gasteiger partial charge in [0.15, 0.2) is 0 Å². The Bertz CT molecular complexity index is 583. The molecule has 1 saturated carbocycles. The summed E-state index contributed by atoms with van der Waals surface area (Å²) in [7, 11) is 0. The predicted octanol–water partition coefficient (Wildman–Crippen LogP) is 1.64. The highest BCUT2D eigenvalue weighted by Crippen LogP contribution is 2.40. The van der Waals surface area contributed by atoms with Crippen LogP contribution in [0.3, 0.4) is 0 Å². The van der Waals surface area contributed by atoms with Gasteiger partial charge in [-0.25, -0.2) is 4.79 Å². The van der Waals surface area contributed by atoms with Crippen molar-refractivity contribution in [1.29, 1.82) is 0 Å². The lowest BCUT2D eigenvalue weighted by Crippen LogP contribution is -2.56. The third-order valence-electron chi connectivity index (χ3n) is 4.61. The Kier molecular flexibility index (Phi) is 3.35. The van der Waals surface area contributed by atoms with E-state index in [1.165, 1.54) is 0 Å². The number of hydrogen-bond donors (Lipinski definition) is 3. The molecule has 2 aliphatic rings. The molecule has 0 bridgehead atoms. The van der Waals surface area contributed by atoms with E-state index in [-0.39, 0.29) is 17.7 Å². The highest BCUT2D eigenvalue weighted by Gasteiger charge is 2.49. The van der Waals surface area contributed by atoms with Crippen molar-refractivity contribution in [3.05, 3.63) is 29.8 Å². The minimum atomic E-state index is -1.13. The lowest BCUT2D eigenvalue weighted by Gasteiger charge is -2.31. The number of rotatable bonds is 4. The van der Waals surface area contributed by atoms with Gasteiger partial charge in [-0.05, 0) is 43.7 Å². The number of hydrogen-bond acceptors (Lipinski definition) is 3. The average Bonchev–Trinajstić information content (AvgIpc) is 3.31. The predicted molar refractivity (Wildman–Crippen MR) is 79.0 cm³/mol. The monoisotopic (exact) mass is 288 g/mol. The summed E-state index contributed by atoms with van der Waals surface area (Å²) in [6, 6.07) is 7.90. The Morgan fingerprint density at radius 2 is 2.05 bits per heavy atom. The summed E-state index contributed by atoms with van der Waals surface area (Å²) in [5.41, 5.74) is 1.03. The summed E-state index contributed by atoms with van der Waals surface area (Å²) in [5.74, 6) is -1.28. The van der Waals surface area contributed by atoms with Crippen LogP contribution < -0.4 is 10.6 Å². The number of carboxylic acids is 1. The summed E-state index contributed by atoms with van der Waals surface area (Å²) in [4.78, 5) is 23.9. The van der Waals surface area contributed by atoms with Gasteiger partial charge in [0.25, 0.3) is 0 Å². The van der Waals surface area contributed by atoms with Crippen molar-refractivity contribution >= 4 is 17.6 Å². The fourth-order valence-electron chi connectivity index (χ4n) is 2.98. The van der Waals surface area contributed by atoms with Crippen molar-refractivity contribution in [2.24, 2.45) is 11.8 Å². The number of anilines is 1. The quantitative estimate of drug-likeness (QED) is 0.787. The van der Waals surface area contributed by atoms with Gasteiger partial charge in [0.2, 0.25) is 5.91 Å². The molecule has 1 fully saturated rings. The molecule has 1 aromatic rings. The van der Waals surface area contributed by atoms with E-state index in [0.717, 1.165) is 24.1 Å². The zero-order chi connectivity index (χ0) is 15.0. The van der Waals surface area contributed by atoms with Crippen LogP contribution >= 0.6 is 0 Å². The van der Waals surface area contributed by atoms with E-state index < -0.39 is 11.5 Å². The standard InChI is InChI=1S/C16H20N2O3/c1-16(15(20)21,12-6-7-12)18-14(19)11-8-10-4-2-3-5-13(10)17-9-11/h2-5,11-12,17H,6-9H2,1H3,(H,18,19)(H,20,21). The summed E-state index contributed by atoms with van der Waals surface area (Å²) in [5, 5.41) is 15.4. The molecule has 1 aromatic carbocycles. The molecular weight excluding hydrogens is 268 g/mol. The van der Waals surface area contributed by atoms with Gasteiger partial charge >= 0.3 is 5.97 Å². The van der Waals surface area contributed by atoms with Crippen molar-refractivity contribution in [3.63, 3.8) is 0 Å². The van der Waals surface area contributed by atoms with Crippen LogP contribution in [0.2, 0.25) is 0 Å². The van der Waals surface area contributed by atoms with Crippen LogP contribution in [0.1, 0.15) is 25.3 Å². The molecule has 1 heterocycles. The maximum Gasteiger partial charge on any atom is 0.329 e. The molecule has 5 nitrogen and oxygen atoms in total. The van der Waals surface area contributed by atoms with Crippen LogP contribution in [-0.4, -0.2) is 29.1 Å². The number of carboxylic acid groups (broad SMARTS) is 1. The SMILES string of the molecule is CC(NC(=O)C1CNc2ccccc2C1)(C(=O)O)C1CC1. The second kappa shape index (κ2) is 5.06. The molecule has 0 radical (unpaired) electrons. The Balaban J connectivity index is 1.71. The third kappa shape index (κ3) is 2.60. The molecule has 0 saturated heterocycles. The van der Waals surface area contributed by atoms with Gasteiger partial charge in [-0.3, -0.25) is 4.79 Å². The smallest absolute Gasteiger partial charge is 0.329 e. The fourth-order valence-corrected chi connectivity index (χ4v) is 2.98. The minimum absolute atomic E-state index is 0.0581. The molecule has 1 aliphatic carbocycles. The van der Waals surface area contributed by atoms with Gasteiger partial charge in [-0.15, -0.1) is 0 Å². The zero-order valence-corrected chi connectivity index (χ0v) is 12.1. The first-order valence-corrected chi connectivity index (χ1v) is 7.38. The van der Waals surface area contributed by atoms with Crippen molar-refractivity contribution in [2.45, 2.75) is 31.7 Å². The molecular formula is C16H20N2O3. The Morgan fingerprint density at radius 3 is 2.71 bits per heavy atom. The zero-order valence-electron chi connectivity index (χ0n) is 12.1. The summed E-state index contributed by atoms with van der Waals surface area (Å²) >= 11 is 0. The number of nitrogens with one attached hydrogen (secondary N) is 2. The minimum Gasteiger partial charge on any atom is -0.480 e. The largest absolute Gasteiger partial charge is 0.480 e. The lowest BCUT2D eigenvalue weighted by atomic mass is 9.90.